The Balaban J connectivity index is 1.81. The molecule has 1 saturated heterocycles. The molecule has 1 aliphatic heterocycles. The highest BCUT2D eigenvalue weighted by Crippen LogP contribution is 2.23. The predicted octanol–water partition coefficient (Wildman–Crippen LogP) is 2.77. The van der Waals surface area contributed by atoms with Crippen LogP contribution >= 0.6 is 0 Å². The summed E-state index contributed by atoms with van der Waals surface area (Å²) in [5.74, 6) is -0.290. The number of rotatable bonds is 4. The van der Waals surface area contributed by atoms with Crippen molar-refractivity contribution in [2.45, 2.75) is 40.0 Å². The number of carbonyl (C=O) groups excluding carboxylic acids is 2. The van der Waals surface area contributed by atoms with E-state index in [4.69, 9.17) is 0 Å². The van der Waals surface area contributed by atoms with Crippen LogP contribution in [-0.4, -0.2) is 36.3 Å². The molecule has 2 amide bonds. The average Bonchev–Trinajstić information content (AvgIpc) is 2.55. The second-order valence-electron chi connectivity index (χ2n) is 7.51. The molecule has 0 aromatic heterocycles. The van der Waals surface area contributed by atoms with Crippen LogP contribution in [0.2, 0.25) is 0 Å². The normalized spacial score (nSPS) is 18.3. The van der Waals surface area contributed by atoms with Gasteiger partial charge in [0.25, 0.3) is 0 Å². The molecule has 0 bridgehead atoms. The monoisotopic (exact) mass is 334 g/mol. The van der Waals surface area contributed by atoms with E-state index >= 15 is 0 Å². The number of halogens is 1. The third-order valence-corrected chi connectivity index (χ3v) is 4.35. The molecule has 132 valence electrons. The first-order valence-electron chi connectivity index (χ1n) is 8.59. The molecular weight excluding hydrogens is 307 g/mol. The van der Waals surface area contributed by atoms with E-state index in [-0.39, 0.29) is 23.5 Å². The molecule has 1 aromatic carbocycles. The van der Waals surface area contributed by atoms with Gasteiger partial charge in [0.15, 0.2) is 0 Å². The van der Waals surface area contributed by atoms with Crippen molar-refractivity contribution in [2.75, 3.05) is 19.6 Å². The highest BCUT2D eigenvalue weighted by atomic mass is 19.1. The zero-order chi connectivity index (χ0) is 17.7. The molecule has 0 spiro atoms. The van der Waals surface area contributed by atoms with Gasteiger partial charge >= 0.3 is 0 Å². The van der Waals surface area contributed by atoms with Gasteiger partial charge in [-0.1, -0.05) is 32.9 Å². The number of nitrogens with zero attached hydrogens (tertiary/aromatic N) is 1. The van der Waals surface area contributed by atoms with E-state index in [1.54, 1.807) is 12.1 Å². The molecule has 24 heavy (non-hydrogen) atoms. The lowest BCUT2D eigenvalue weighted by Gasteiger charge is -2.35. The molecule has 1 aromatic rings. The highest BCUT2D eigenvalue weighted by Gasteiger charge is 2.33. The predicted molar refractivity (Wildman–Crippen MR) is 91.9 cm³/mol. The van der Waals surface area contributed by atoms with E-state index in [9.17, 15) is 14.0 Å². The summed E-state index contributed by atoms with van der Waals surface area (Å²) in [6, 6.07) is 6.31. The number of benzene rings is 1. The molecular formula is C19H27FN2O2. The molecule has 1 aliphatic rings. The standard InChI is InChI=1S/C19H27FN2O2/c1-19(2,3)18(24)22-12-4-5-15(13-22)17(23)21-11-10-14-6-8-16(20)9-7-14/h6-9,15H,4-5,10-13H2,1-3H3,(H,21,23)/t15-/m0/s1. The van der Waals surface area contributed by atoms with Gasteiger partial charge in [-0.3, -0.25) is 9.59 Å². The zero-order valence-corrected chi connectivity index (χ0v) is 14.8. The molecule has 0 radical (unpaired) electrons. The zero-order valence-electron chi connectivity index (χ0n) is 14.8. The van der Waals surface area contributed by atoms with Crippen molar-refractivity contribution in [2.24, 2.45) is 11.3 Å². The van der Waals surface area contributed by atoms with Crippen LogP contribution in [0.4, 0.5) is 4.39 Å². The second kappa shape index (κ2) is 7.77. The summed E-state index contributed by atoms with van der Waals surface area (Å²) >= 11 is 0. The number of hydrogen-bond acceptors (Lipinski definition) is 2. The first-order chi connectivity index (χ1) is 11.3. The minimum absolute atomic E-state index is 0.00326. The fourth-order valence-electron chi connectivity index (χ4n) is 2.98. The van der Waals surface area contributed by atoms with Crippen LogP contribution in [0.3, 0.4) is 0 Å². The van der Waals surface area contributed by atoms with Crippen LogP contribution < -0.4 is 5.32 Å². The fraction of sp³-hybridized carbons (Fsp3) is 0.579. The first-order valence-corrected chi connectivity index (χ1v) is 8.59. The number of piperidine rings is 1. The van der Waals surface area contributed by atoms with E-state index < -0.39 is 5.41 Å². The molecule has 2 rings (SSSR count). The van der Waals surface area contributed by atoms with Gasteiger partial charge in [0.05, 0.1) is 5.92 Å². The van der Waals surface area contributed by atoms with Gasteiger partial charge in [0, 0.05) is 25.0 Å². The lowest BCUT2D eigenvalue weighted by atomic mass is 9.91. The Hall–Kier alpha value is -1.91. The van der Waals surface area contributed by atoms with Gasteiger partial charge in [-0.05, 0) is 37.0 Å². The van der Waals surface area contributed by atoms with E-state index in [0.717, 1.165) is 24.9 Å². The Kier molecular flexibility index (Phi) is 5.97. The molecule has 1 heterocycles. The van der Waals surface area contributed by atoms with Crippen LogP contribution in [0.25, 0.3) is 0 Å². The van der Waals surface area contributed by atoms with Gasteiger partial charge in [0.1, 0.15) is 5.82 Å². The Morgan fingerprint density at radius 1 is 1.25 bits per heavy atom. The summed E-state index contributed by atoms with van der Waals surface area (Å²) in [5.41, 5.74) is 0.575. The molecule has 0 aliphatic carbocycles. The number of amides is 2. The van der Waals surface area contributed by atoms with Crippen molar-refractivity contribution >= 4 is 11.8 Å². The maximum atomic E-state index is 12.9. The van der Waals surface area contributed by atoms with E-state index in [2.05, 4.69) is 5.32 Å². The van der Waals surface area contributed by atoms with Crippen LogP contribution in [-0.2, 0) is 16.0 Å². The molecule has 1 N–H and O–H groups in total. The Labute approximate surface area is 143 Å². The third-order valence-electron chi connectivity index (χ3n) is 4.35. The number of carbonyl (C=O) groups is 2. The van der Waals surface area contributed by atoms with Crippen molar-refractivity contribution in [3.63, 3.8) is 0 Å². The van der Waals surface area contributed by atoms with Gasteiger partial charge in [-0.2, -0.15) is 0 Å². The Morgan fingerprint density at radius 2 is 1.92 bits per heavy atom. The molecule has 5 heteroatoms. The summed E-state index contributed by atoms with van der Waals surface area (Å²) in [7, 11) is 0. The van der Waals surface area contributed by atoms with Crippen molar-refractivity contribution < 1.29 is 14.0 Å². The number of hydrogen-bond donors (Lipinski definition) is 1. The molecule has 1 fully saturated rings. The van der Waals surface area contributed by atoms with Crippen LogP contribution in [0.1, 0.15) is 39.2 Å². The number of likely N-dealkylation sites (tertiary alicyclic amines) is 1. The highest BCUT2D eigenvalue weighted by molar-refractivity contribution is 5.83. The maximum absolute atomic E-state index is 12.9. The molecule has 0 unspecified atom stereocenters. The van der Waals surface area contributed by atoms with Gasteiger partial charge < -0.3 is 10.2 Å². The Morgan fingerprint density at radius 3 is 2.54 bits per heavy atom. The second-order valence-corrected chi connectivity index (χ2v) is 7.51. The minimum Gasteiger partial charge on any atom is -0.355 e. The molecule has 1 atom stereocenters. The Bertz CT molecular complexity index is 578. The van der Waals surface area contributed by atoms with Crippen molar-refractivity contribution in [1.29, 1.82) is 0 Å². The first kappa shape index (κ1) is 18.4. The van der Waals surface area contributed by atoms with Gasteiger partial charge in [-0.25, -0.2) is 4.39 Å². The summed E-state index contributed by atoms with van der Waals surface area (Å²) in [6.45, 7) is 7.47. The van der Waals surface area contributed by atoms with Crippen LogP contribution in [0.5, 0.6) is 0 Å². The average molecular weight is 334 g/mol. The quantitative estimate of drug-likeness (QED) is 0.920. The van der Waals surface area contributed by atoms with E-state index in [1.807, 2.05) is 25.7 Å². The maximum Gasteiger partial charge on any atom is 0.227 e. The summed E-state index contributed by atoms with van der Waals surface area (Å²) < 4.78 is 12.9. The lowest BCUT2D eigenvalue weighted by Crippen LogP contribution is -2.48. The SMILES string of the molecule is CC(C)(C)C(=O)N1CCC[C@H](C(=O)NCCc2ccc(F)cc2)C1. The van der Waals surface area contributed by atoms with Crippen molar-refractivity contribution in [1.82, 2.24) is 10.2 Å². The smallest absolute Gasteiger partial charge is 0.227 e. The summed E-state index contributed by atoms with van der Waals surface area (Å²) in [5, 5.41) is 2.94. The van der Waals surface area contributed by atoms with Crippen LogP contribution in [0.15, 0.2) is 24.3 Å². The molecule has 4 nitrogen and oxygen atoms in total. The van der Waals surface area contributed by atoms with Crippen molar-refractivity contribution in [3.05, 3.63) is 35.6 Å². The summed E-state index contributed by atoms with van der Waals surface area (Å²) in [6.07, 6.45) is 2.34. The summed E-state index contributed by atoms with van der Waals surface area (Å²) in [4.78, 5) is 26.5. The van der Waals surface area contributed by atoms with Crippen molar-refractivity contribution in [3.8, 4) is 0 Å². The van der Waals surface area contributed by atoms with Gasteiger partial charge in [0.2, 0.25) is 11.8 Å². The fourth-order valence-corrected chi connectivity index (χ4v) is 2.98. The largest absolute Gasteiger partial charge is 0.355 e. The van der Waals surface area contributed by atoms with Crippen LogP contribution in [0, 0.1) is 17.2 Å². The third kappa shape index (κ3) is 5.05. The lowest BCUT2D eigenvalue weighted by molar-refractivity contribution is -0.142. The minimum atomic E-state index is -0.416. The van der Waals surface area contributed by atoms with E-state index in [1.165, 1.54) is 12.1 Å². The van der Waals surface area contributed by atoms with E-state index in [0.29, 0.717) is 19.5 Å². The topological polar surface area (TPSA) is 49.4 Å². The van der Waals surface area contributed by atoms with Gasteiger partial charge in [-0.15, -0.1) is 0 Å². The molecule has 0 saturated carbocycles. The number of nitrogens with one attached hydrogen (secondary N) is 1.